The minimum absolute atomic E-state index is 0.283. The molecule has 2 aliphatic rings. The van der Waals surface area contributed by atoms with Crippen LogP contribution >= 0.6 is 0 Å². The summed E-state index contributed by atoms with van der Waals surface area (Å²) in [6.45, 7) is 10.7. The second-order valence-corrected chi connectivity index (χ2v) is 10.7. The van der Waals surface area contributed by atoms with Gasteiger partial charge in [-0.3, -0.25) is 4.79 Å². The van der Waals surface area contributed by atoms with E-state index < -0.39 is 0 Å². The van der Waals surface area contributed by atoms with Gasteiger partial charge in [0.15, 0.2) is 0 Å². The second kappa shape index (κ2) is 9.04. The molecule has 1 saturated heterocycles. The smallest absolute Gasteiger partial charge is 0.221 e. The van der Waals surface area contributed by atoms with E-state index in [0.717, 1.165) is 34.3 Å². The fraction of sp³-hybridized carbons (Fsp3) is 0.519. The molecule has 2 aromatic carbocycles. The van der Waals surface area contributed by atoms with Gasteiger partial charge in [-0.15, -0.1) is 0 Å². The first-order valence-corrected chi connectivity index (χ1v) is 11.6. The topological polar surface area (TPSA) is 55.6 Å². The molecule has 2 N–H and O–H groups in total. The average Bonchev–Trinajstić information content (AvgIpc) is 3.25. The van der Waals surface area contributed by atoms with Crippen LogP contribution in [0.15, 0.2) is 48.5 Å². The van der Waals surface area contributed by atoms with Crippen molar-refractivity contribution in [1.82, 2.24) is 4.90 Å². The number of rotatable bonds is 7. The lowest BCUT2D eigenvalue weighted by molar-refractivity contribution is -0.117. The summed E-state index contributed by atoms with van der Waals surface area (Å²) < 4.78 is 6.34. The zero-order valence-corrected chi connectivity index (χ0v) is 19.1. The fourth-order valence-electron chi connectivity index (χ4n) is 5.05. The van der Waals surface area contributed by atoms with Crippen LogP contribution < -0.4 is 10.5 Å². The van der Waals surface area contributed by atoms with Gasteiger partial charge in [0.2, 0.25) is 5.91 Å². The van der Waals surface area contributed by atoms with E-state index in [1.807, 2.05) is 24.3 Å². The normalized spacial score (nSPS) is 23.6. The van der Waals surface area contributed by atoms with E-state index >= 15 is 0 Å². The van der Waals surface area contributed by atoms with E-state index in [2.05, 4.69) is 49.9 Å². The van der Waals surface area contributed by atoms with Crippen LogP contribution in [0.25, 0.3) is 11.1 Å². The summed E-state index contributed by atoms with van der Waals surface area (Å²) in [6.07, 6.45) is 4.26. The van der Waals surface area contributed by atoms with Crippen LogP contribution in [0, 0.1) is 17.3 Å². The first-order valence-electron chi connectivity index (χ1n) is 11.6. The highest BCUT2D eigenvalue weighted by molar-refractivity contribution is 5.77. The van der Waals surface area contributed by atoms with E-state index in [0.29, 0.717) is 11.5 Å². The molecule has 3 atom stereocenters. The van der Waals surface area contributed by atoms with Crippen molar-refractivity contribution in [3.8, 4) is 16.9 Å². The molecule has 1 aliphatic heterocycles. The SMILES string of the molecule is CC(C)(C)CCN1C[C@H]2C[C@H](Oc3ccc(-c4ccc(CC(N)=O)cc4)cc3)C[C@H]2C1. The van der Waals surface area contributed by atoms with Crippen molar-refractivity contribution in [3.63, 3.8) is 0 Å². The highest BCUT2D eigenvalue weighted by Crippen LogP contribution is 2.40. The number of nitrogens with zero attached hydrogens (tertiary/aromatic N) is 1. The number of hydrogen-bond donors (Lipinski definition) is 1. The van der Waals surface area contributed by atoms with Crippen LogP contribution in [0.4, 0.5) is 0 Å². The Balaban J connectivity index is 1.27. The molecule has 0 spiro atoms. The first-order chi connectivity index (χ1) is 14.7. The average molecular weight is 421 g/mol. The van der Waals surface area contributed by atoms with Crippen LogP contribution in [0.1, 0.15) is 45.6 Å². The lowest BCUT2D eigenvalue weighted by atomic mass is 9.92. The Morgan fingerprint density at radius 3 is 2.03 bits per heavy atom. The molecule has 31 heavy (non-hydrogen) atoms. The maximum atomic E-state index is 11.1. The summed E-state index contributed by atoms with van der Waals surface area (Å²) >= 11 is 0. The fourth-order valence-corrected chi connectivity index (χ4v) is 5.05. The van der Waals surface area contributed by atoms with E-state index in [-0.39, 0.29) is 12.3 Å². The molecule has 1 saturated carbocycles. The monoisotopic (exact) mass is 420 g/mol. The molecule has 166 valence electrons. The Kier molecular flexibility index (Phi) is 6.38. The zero-order valence-electron chi connectivity index (χ0n) is 19.1. The van der Waals surface area contributed by atoms with Gasteiger partial charge in [0.1, 0.15) is 5.75 Å². The number of primary amides is 1. The second-order valence-electron chi connectivity index (χ2n) is 10.7. The van der Waals surface area contributed by atoms with Crippen molar-refractivity contribution in [2.24, 2.45) is 23.0 Å². The van der Waals surface area contributed by atoms with Crippen molar-refractivity contribution in [2.45, 2.75) is 52.6 Å². The predicted octanol–water partition coefficient (Wildman–Crippen LogP) is 4.91. The molecule has 0 aromatic heterocycles. The standard InChI is InChI=1S/C27H36N2O2/c1-27(2,3)12-13-29-17-22-15-25(16-23(22)18-29)31-24-10-8-21(9-11-24)20-6-4-19(5-7-20)14-26(28)30/h4-11,22-23,25H,12-18H2,1-3H3,(H2,28,30)/t22-,23+,25+. The number of carbonyl (C=O) groups is 1. The Morgan fingerprint density at radius 1 is 0.968 bits per heavy atom. The molecule has 1 aliphatic carbocycles. The molecular formula is C27H36N2O2. The van der Waals surface area contributed by atoms with Gasteiger partial charge in [-0.2, -0.15) is 0 Å². The number of nitrogens with two attached hydrogens (primary N) is 1. The molecule has 2 fully saturated rings. The number of carbonyl (C=O) groups excluding carboxylic acids is 1. The van der Waals surface area contributed by atoms with Gasteiger partial charge in [-0.05, 0) is 71.9 Å². The summed E-state index contributed by atoms with van der Waals surface area (Å²) in [5.74, 6) is 2.25. The number of hydrogen-bond acceptors (Lipinski definition) is 3. The first kappa shape index (κ1) is 21.9. The van der Waals surface area contributed by atoms with Gasteiger partial charge in [-0.25, -0.2) is 0 Å². The number of amides is 1. The third-order valence-corrected chi connectivity index (χ3v) is 6.78. The van der Waals surface area contributed by atoms with Crippen molar-refractivity contribution < 1.29 is 9.53 Å². The van der Waals surface area contributed by atoms with Gasteiger partial charge in [-0.1, -0.05) is 57.2 Å². The molecule has 1 heterocycles. The van der Waals surface area contributed by atoms with E-state index in [1.54, 1.807) is 0 Å². The Bertz CT molecular complexity index is 869. The maximum absolute atomic E-state index is 11.1. The van der Waals surface area contributed by atoms with Crippen LogP contribution in [-0.4, -0.2) is 36.5 Å². The number of likely N-dealkylation sites (tertiary alicyclic amines) is 1. The van der Waals surface area contributed by atoms with Gasteiger partial charge in [0, 0.05) is 13.1 Å². The lowest BCUT2D eigenvalue weighted by Gasteiger charge is -2.24. The van der Waals surface area contributed by atoms with Crippen LogP contribution in [0.2, 0.25) is 0 Å². The molecule has 1 amide bonds. The maximum Gasteiger partial charge on any atom is 0.221 e. The number of fused-ring (bicyclic) bond motifs is 1. The van der Waals surface area contributed by atoms with Crippen LogP contribution in [0.3, 0.4) is 0 Å². The predicted molar refractivity (Wildman–Crippen MR) is 126 cm³/mol. The third-order valence-electron chi connectivity index (χ3n) is 6.78. The lowest BCUT2D eigenvalue weighted by Crippen LogP contribution is -2.27. The summed E-state index contributed by atoms with van der Waals surface area (Å²) in [5.41, 5.74) is 8.91. The van der Waals surface area contributed by atoms with Gasteiger partial charge in [0.25, 0.3) is 0 Å². The zero-order chi connectivity index (χ0) is 22.0. The summed E-state index contributed by atoms with van der Waals surface area (Å²) in [5, 5.41) is 0. The molecule has 0 unspecified atom stereocenters. The van der Waals surface area contributed by atoms with Crippen molar-refractivity contribution >= 4 is 5.91 Å². The number of ether oxygens (including phenoxy) is 1. The Labute approximate surface area is 186 Å². The Hall–Kier alpha value is -2.33. The molecular weight excluding hydrogens is 384 g/mol. The van der Waals surface area contributed by atoms with Gasteiger partial charge in [0.05, 0.1) is 12.5 Å². The molecule has 4 nitrogen and oxygen atoms in total. The highest BCUT2D eigenvalue weighted by Gasteiger charge is 2.41. The van der Waals surface area contributed by atoms with Crippen molar-refractivity contribution in [1.29, 1.82) is 0 Å². The molecule has 2 aromatic rings. The van der Waals surface area contributed by atoms with E-state index in [9.17, 15) is 4.79 Å². The highest BCUT2D eigenvalue weighted by atomic mass is 16.5. The molecule has 4 heteroatoms. The quantitative estimate of drug-likeness (QED) is 0.693. The molecule has 0 bridgehead atoms. The molecule has 0 radical (unpaired) electrons. The summed E-state index contributed by atoms with van der Waals surface area (Å²) in [7, 11) is 0. The van der Waals surface area contributed by atoms with Gasteiger partial charge >= 0.3 is 0 Å². The number of benzene rings is 2. The third kappa shape index (κ3) is 5.88. The van der Waals surface area contributed by atoms with Crippen molar-refractivity contribution in [2.75, 3.05) is 19.6 Å². The molecule has 4 rings (SSSR count). The van der Waals surface area contributed by atoms with Crippen LogP contribution in [-0.2, 0) is 11.2 Å². The largest absolute Gasteiger partial charge is 0.490 e. The van der Waals surface area contributed by atoms with Gasteiger partial charge < -0.3 is 15.4 Å². The minimum Gasteiger partial charge on any atom is -0.490 e. The summed E-state index contributed by atoms with van der Waals surface area (Å²) in [6, 6.07) is 16.4. The van der Waals surface area contributed by atoms with E-state index in [4.69, 9.17) is 10.5 Å². The van der Waals surface area contributed by atoms with Crippen LogP contribution in [0.5, 0.6) is 5.75 Å². The minimum atomic E-state index is -0.303. The summed E-state index contributed by atoms with van der Waals surface area (Å²) in [4.78, 5) is 13.7. The van der Waals surface area contributed by atoms with Crippen molar-refractivity contribution in [3.05, 3.63) is 54.1 Å². The van der Waals surface area contributed by atoms with E-state index in [1.165, 1.54) is 38.9 Å². The Morgan fingerprint density at radius 2 is 1.52 bits per heavy atom.